The Balaban J connectivity index is 2.68. The highest BCUT2D eigenvalue weighted by Crippen LogP contribution is 2.33. The van der Waals surface area contributed by atoms with Crippen molar-refractivity contribution in [3.05, 3.63) is 28.5 Å². The van der Waals surface area contributed by atoms with Crippen LogP contribution >= 0.6 is 23.2 Å². The van der Waals surface area contributed by atoms with Crippen molar-refractivity contribution in [3.8, 4) is 11.4 Å². The van der Waals surface area contributed by atoms with Crippen LogP contribution in [0.2, 0.25) is 10.0 Å². The van der Waals surface area contributed by atoms with E-state index in [2.05, 4.69) is 10.1 Å². The number of hydrogen-bond donors (Lipinski definition) is 1. The van der Waals surface area contributed by atoms with Crippen LogP contribution in [-0.2, 0) is 7.05 Å². The number of nitrogen functional groups attached to an aromatic ring is 1. The van der Waals surface area contributed by atoms with Crippen LogP contribution in [-0.4, -0.2) is 14.8 Å². The zero-order valence-electron chi connectivity index (χ0n) is 7.91. The largest absolute Gasteiger partial charge is 0.397 e. The molecule has 0 aliphatic heterocycles. The summed E-state index contributed by atoms with van der Waals surface area (Å²) in [6.45, 7) is 0. The first-order valence-corrected chi connectivity index (χ1v) is 4.94. The first-order valence-electron chi connectivity index (χ1n) is 4.18. The molecule has 78 valence electrons. The van der Waals surface area contributed by atoms with Crippen molar-refractivity contribution in [2.24, 2.45) is 7.05 Å². The standard InChI is InChI=1S/C9H8Cl2N4/c1-15-9(13-4-14-15)6-2-5(10)3-7(11)8(6)12/h2-4H,12H2,1H3. The van der Waals surface area contributed by atoms with Crippen LogP contribution in [0.4, 0.5) is 5.69 Å². The summed E-state index contributed by atoms with van der Waals surface area (Å²) in [5, 5.41) is 4.89. The van der Waals surface area contributed by atoms with Gasteiger partial charge in [-0.1, -0.05) is 23.2 Å². The fourth-order valence-electron chi connectivity index (χ4n) is 1.31. The van der Waals surface area contributed by atoms with E-state index in [1.54, 1.807) is 23.9 Å². The summed E-state index contributed by atoms with van der Waals surface area (Å²) in [6.07, 6.45) is 1.45. The molecule has 0 unspecified atom stereocenters. The minimum atomic E-state index is 0.417. The number of nitrogens with two attached hydrogens (primary N) is 1. The lowest BCUT2D eigenvalue weighted by Crippen LogP contribution is -1.98. The van der Waals surface area contributed by atoms with Crippen molar-refractivity contribution in [1.82, 2.24) is 14.8 Å². The monoisotopic (exact) mass is 242 g/mol. The van der Waals surface area contributed by atoms with Crippen molar-refractivity contribution in [2.75, 3.05) is 5.73 Å². The number of hydrogen-bond acceptors (Lipinski definition) is 3. The van der Waals surface area contributed by atoms with Crippen molar-refractivity contribution in [3.63, 3.8) is 0 Å². The fraction of sp³-hybridized carbons (Fsp3) is 0.111. The SMILES string of the molecule is Cn1ncnc1-c1cc(Cl)cc(Cl)c1N. The second-order valence-electron chi connectivity index (χ2n) is 3.06. The molecular weight excluding hydrogens is 235 g/mol. The number of benzene rings is 1. The van der Waals surface area contributed by atoms with Gasteiger partial charge < -0.3 is 5.73 Å². The Hall–Kier alpha value is -1.26. The molecule has 2 N–H and O–H groups in total. The minimum Gasteiger partial charge on any atom is -0.397 e. The zero-order valence-corrected chi connectivity index (χ0v) is 9.42. The molecule has 15 heavy (non-hydrogen) atoms. The second kappa shape index (κ2) is 3.72. The first kappa shape index (κ1) is 10.3. The Bertz CT molecular complexity index is 507. The number of aryl methyl sites for hydroxylation is 1. The molecule has 0 spiro atoms. The van der Waals surface area contributed by atoms with Gasteiger partial charge in [-0.3, -0.25) is 0 Å². The molecule has 0 aliphatic carbocycles. The molecule has 0 bridgehead atoms. The van der Waals surface area contributed by atoms with Gasteiger partial charge in [0.1, 0.15) is 6.33 Å². The highest BCUT2D eigenvalue weighted by molar-refractivity contribution is 6.37. The van der Waals surface area contributed by atoms with Gasteiger partial charge in [-0.25, -0.2) is 9.67 Å². The topological polar surface area (TPSA) is 56.7 Å². The highest BCUT2D eigenvalue weighted by atomic mass is 35.5. The lowest BCUT2D eigenvalue weighted by molar-refractivity contribution is 0.775. The molecule has 0 fully saturated rings. The zero-order chi connectivity index (χ0) is 11.0. The number of anilines is 1. The highest BCUT2D eigenvalue weighted by Gasteiger charge is 2.12. The van der Waals surface area contributed by atoms with E-state index in [-0.39, 0.29) is 0 Å². The molecule has 0 radical (unpaired) electrons. The van der Waals surface area contributed by atoms with E-state index in [1.807, 2.05) is 0 Å². The summed E-state index contributed by atoms with van der Waals surface area (Å²) in [6, 6.07) is 3.31. The van der Waals surface area contributed by atoms with Crippen LogP contribution in [0.5, 0.6) is 0 Å². The average molecular weight is 243 g/mol. The molecule has 2 aromatic rings. The van der Waals surface area contributed by atoms with Gasteiger partial charge in [-0.15, -0.1) is 0 Å². The summed E-state index contributed by atoms with van der Waals surface area (Å²) in [4.78, 5) is 4.08. The smallest absolute Gasteiger partial charge is 0.159 e. The molecule has 4 nitrogen and oxygen atoms in total. The lowest BCUT2D eigenvalue weighted by Gasteiger charge is -2.07. The van der Waals surface area contributed by atoms with E-state index in [1.165, 1.54) is 6.33 Å². The lowest BCUT2D eigenvalue weighted by atomic mass is 10.1. The Morgan fingerprint density at radius 1 is 1.33 bits per heavy atom. The molecular formula is C9H8Cl2N4. The maximum Gasteiger partial charge on any atom is 0.159 e. The van der Waals surface area contributed by atoms with Gasteiger partial charge >= 0.3 is 0 Å². The molecule has 6 heteroatoms. The Labute approximate surface area is 96.6 Å². The van der Waals surface area contributed by atoms with Gasteiger partial charge in [0.2, 0.25) is 0 Å². The van der Waals surface area contributed by atoms with Crippen molar-refractivity contribution in [2.45, 2.75) is 0 Å². The number of rotatable bonds is 1. The van der Waals surface area contributed by atoms with E-state index in [0.29, 0.717) is 27.1 Å². The predicted molar refractivity (Wildman–Crippen MR) is 60.9 cm³/mol. The fourth-order valence-corrected chi connectivity index (χ4v) is 1.80. The van der Waals surface area contributed by atoms with E-state index >= 15 is 0 Å². The van der Waals surface area contributed by atoms with Crippen LogP contribution < -0.4 is 5.73 Å². The van der Waals surface area contributed by atoms with Gasteiger partial charge in [0.05, 0.1) is 10.7 Å². The van der Waals surface area contributed by atoms with Gasteiger partial charge in [0, 0.05) is 17.6 Å². The molecule has 0 saturated heterocycles. The molecule has 1 heterocycles. The van der Waals surface area contributed by atoms with Crippen LogP contribution in [0.25, 0.3) is 11.4 Å². The molecule has 0 atom stereocenters. The second-order valence-corrected chi connectivity index (χ2v) is 3.90. The summed E-state index contributed by atoms with van der Waals surface area (Å²) in [7, 11) is 1.77. The maximum absolute atomic E-state index is 5.92. The third kappa shape index (κ3) is 1.78. The summed E-state index contributed by atoms with van der Waals surface area (Å²) in [5.74, 6) is 0.636. The first-order chi connectivity index (χ1) is 7.09. The van der Waals surface area contributed by atoms with Crippen molar-refractivity contribution in [1.29, 1.82) is 0 Å². The van der Waals surface area contributed by atoms with E-state index in [9.17, 15) is 0 Å². The molecule has 1 aromatic carbocycles. The van der Waals surface area contributed by atoms with Gasteiger partial charge in [-0.05, 0) is 12.1 Å². The van der Waals surface area contributed by atoms with Crippen LogP contribution in [0, 0.1) is 0 Å². The van der Waals surface area contributed by atoms with Gasteiger partial charge in [0.15, 0.2) is 5.82 Å². The quantitative estimate of drug-likeness (QED) is 0.782. The predicted octanol–water partition coefficient (Wildman–Crippen LogP) is 2.37. The molecule has 0 amide bonds. The number of halogens is 2. The van der Waals surface area contributed by atoms with E-state index < -0.39 is 0 Å². The maximum atomic E-state index is 5.92. The van der Waals surface area contributed by atoms with Crippen LogP contribution in [0.1, 0.15) is 0 Å². The summed E-state index contributed by atoms with van der Waals surface area (Å²) in [5.41, 5.74) is 6.98. The number of aromatic nitrogens is 3. The number of nitrogens with zero attached hydrogens (tertiary/aromatic N) is 3. The van der Waals surface area contributed by atoms with E-state index in [0.717, 1.165) is 0 Å². The molecule has 0 aliphatic rings. The van der Waals surface area contributed by atoms with Crippen LogP contribution in [0.15, 0.2) is 18.5 Å². The third-order valence-corrected chi connectivity index (χ3v) is 2.58. The normalized spacial score (nSPS) is 10.6. The van der Waals surface area contributed by atoms with E-state index in [4.69, 9.17) is 28.9 Å². The molecule has 1 aromatic heterocycles. The van der Waals surface area contributed by atoms with Gasteiger partial charge in [0.25, 0.3) is 0 Å². The average Bonchev–Trinajstić information content (AvgIpc) is 2.58. The Morgan fingerprint density at radius 3 is 2.67 bits per heavy atom. The Kier molecular flexibility index (Phi) is 2.54. The van der Waals surface area contributed by atoms with Gasteiger partial charge in [-0.2, -0.15) is 5.10 Å². The van der Waals surface area contributed by atoms with Crippen molar-refractivity contribution >= 4 is 28.9 Å². The third-order valence-electron chi connectivity index (χ3n) is 2.05. The van der Waals surface area contributed by atoms with Crippen molar-refractivity contribution < 1.29 is 0 Å². The summed E-state index contributed by atoms with van der Waals surface area (Å²) < 4.78 is 1.61. The van der Waals surface area contributed by atoms with Crippen LogP contribution in [0.3, 0.4) is 0 Å². The Morgan fingerprint density at radius 2 is 2.07 bits per heavy atom. The molecule has 0 saturated carbocycles. The molecule has 2 rings (SSSR count). The summed E-state index contributed by atoms with van der Waals surface area (Å²) >= 11 is 11.8. The minimum absolute atomic E-state index is 0.417.